The molecule has 2 saturated carbocycles. The first-order valence-electron chi connectivity index (χ1n) is 18.4. The van der Waals surface area contributed by atoms with Gasteiger partial charge in [0.05, 0.1) is 0 Å². The van der Waals surface area contributed by atoms with E-state index in [9.17, 15) is 14.4 Å². The van der Waals surface area contributed by atoms with Gasteiger partial charge in [0.25, 0.3) is 0 Å². The molecule has 9 heteroatoms. The fraction of sp³-hybridized carbons (Fsp3) is 0.921. The SMILES string of the molecule is C.CC(C)[C@@H]1CC[C@@H](C)C[C@H]1C(=O)NCCCCCN.CC(C)[C@@H]1CC[C@@H](C)C[C@H]1C(=O)NCCCCCNC(=O)OC(C)(C)C.Cl. The van der Waals surface area contributed by atoms with Crippen molar-refractivity contribution < 1.29 is 19.1 Å². The van der Waals surface area contributed by atoms with Gasteiger partial charge < -0.3 is 26.4 Å². The van der Waals surface area contributed by atoms with Gasteiger partial charge in [0, 0.05) is 31.5 Å². The summed E-state index contributed by atoms with van der Waals surface area (Å²) in [5.41, 5.74) is 5.01. The molecule has 0 aliphatic heterocycles. The quantitative estimate of drug-likeness (QED) is 0.129. The number of unbranched alkanes of at least 4 members (excludes halogenated alkanes) is 4. The molecule has 2 fully saturated rings. The summed E-state index contributed by atoms with van der Waals surface area (Å²) in [5.74, 6) is 4.55. The van der Waals surface area contributed by atoms with Crippen LogP contribution in [-0.2, 0) is 14.3 Å². The molecular weight excluding hydrogens is 612 g/mol. The molecule has 280 valence electrons. The lowest BCUT2D eigenvalue weighted by Crippen LogP contribution is -2.40. The van der Waals surface area contributed by atoms with Crippen molar-refractivity contribution in [2.24, 2.45) is 53.1 Å². The highest BCUT2D eigenvalue weighted by Crippen LogP contribution is 2.39. The summed E-state index contributed by atoms with van der Waals surface area (Å²) in [6.45, 7) is 22.0. The minimum Gasteiger partial charge on any atom is -0.444 e. The number of hydrogen-bond acceptors (Lipinski definition) is 5. The highest BCUT2D eigenvalue weighted by molar-refractivity contribution is 5.85. The van der Waals surface area contributed by atoms with Crippen molar-refractivity contribution in [2.45, 2.75) is 152 Å². The summed E-state index contributed by atoms with van der Waals surface area (Å²) in [7, 11) is 0. The van der Waals surface area contributed by atoms with Crippen molar-refractivity contribution >= 4 is 30.3 Å². The van der Waals surface area contributed by atoms with Crippen LogP contribution in [0.4, 0.5) is 4.79 Å². The zero-order chi connectivity index (χ0) is 34.0. The van der Waals surface area contributed by atoms with E-state index in [1.165, 1.54) is 25.7 Å². The Labute approximate surface area is 296 Å². The lowest BCUT2D eigenvalue weighted by Gasteiger charge is -2.36. The molecular formula is C38H77ClN4O4. The molecule has 3 amide bonds. The minimum atomic E-state index is -0.459. The van der Waals surface area contributed by atoms with Gasteiger partial charge in [-0.05, 0) is 121 Å². The Morgan fingerprint density at radius 3 is 1.43 bits per heavy atom. The number of rotatable bonds is 15. The summed E-state index contributed by atoms with van der Waals surface area (Å²) < 4.78 is 5.19. The van der Waals surface area contributed by atoms with Gasteiger partial charge in [-0.2, -0.15) is 0 Å². The minimum absolute atomic E-state index is 0. The van der Waals surface area contributed by atoms with Crippen LogP contribution >= 0.6 is 12.4 Å². The number of amides is 3. The molecule has 0 unspecified atom stereocenters. The monoisotopic (exact) mass is 689 g/mol. The predicted molar refractivity (Wildman–Crippen MR) is 201 cm³/mol. The maximum Gasteiger partial charge on any atom is 0.407 e. The second-order valence-corrected chi connectivity index (χ2v) is 15.8. The molecule has 2 aliphatic rings. The normalized spacial score (nSPS) is 24.2. The van der Waals surface area contributed by atoms with Crippen molar-refractivity contribution in [1.29, 1.82) is 0 Å². The van der Waals surface area contributed by atoms with Crippen LogP contribution in [0.3, 0.4) is 0 Å². The van der Waals surface area contributed by atoms with Crippen LogP contribution in [0.2, 0.25) is 0 Å². The Hall–Kier alpha value is -1.54. The van der Waals surface area contributed by atoms with E-state index in [1.54, 1.807) is 0 Å². The van der Waals surface area contributed by atoms with Gasteiger partial charge in [-0.25, -0.2) is 4.79 Å². The van der Waals surface area contributed by atoms with E-state index in [2.05, 4.69) is 57.5 Å². The molecule has 0 spiro atoms. The Morgan fingerprint density at radius 1 is 0.681 bits per heavy atom. The molecule has 0 bridgehead atoms. The number of hydrogen-bond donors (Lipinski definition) is 4. The fourth-order valence-electron chi connectivity index (χ4n) is 7.07. The molecule has 0 aromatic heterocycles. The molecule has 5 N–H and O–H groups in total. The Balaban J connectivity index is 0. The van der Waals surface area contributed by atoms with E-state index < -0.39 is 5.60 Å². The average Bonchev–Trinajstić information content (AvgIpc) is 2.95. The van der Waals surface area contributed by atoms with Crippen LogP contribution < -0.4 is 21.7 Å². The second-order valence-electron chi connectivity index (χ2n) is 15.8. The van der Waals surface area contributed by atoms with E-state index in [-0.39, 0.29) is 49.6 Å². The van der Waals surface area contributed by atoms with Gasteiger partial charge in [-0.1, -0.05) is 68.2 Å². The maximum absolute atomic E-state index is 12.6. The van der Waals surface area contributed by atoms with Crippen LogP contribution in [0.25, 0.3) is 0 Å². The smallest absolute Gasteiger partial charge is 0.407 e. The summed E-state index contributed by atoms with van der Waals surface area (Å²) in [6, 6.07) is 0. The van der Waals surface area contributed by atoms with Gasteiger partial charge in [0.15, 0.2) is 0 Å². The van der Waals surface area contributed by atoms with Crippen molar-refractivity contribution in [1.82, 2.24) is 16.0 Å². The Morgan fingerprint density at radius 2 is 1.06 bits per heavy atom. The zero-order valence-electron chi connectivity index (χ0n) is 31.1. The third-order valence-corrected chi connectivity index (χ3v) is 9.72. The van der Waals surface area contributed by atoms with Crippen LogP contribution in [-0.4, -0.2) is 49.7 Å². The summed E-state index contributed by atoms with van der Waals surface area (Å²) in [6.07, 6.45) is 12.7. The van der Waals surface area contributed by atoms with E-state index in [0.717, 1.165) is 71.0 Å². The zero-order valence-corrected chi connectivity index (χ0v) is 31.9. The van der Waals surface area contributed by atoms with E-state index in [1.807, 2.05) is 20.8 Å². The number of nitrogens with two attached hydrogens (primary N) is 1. The highest BCUT2D eigenvalue weighted by atomic mass is 35.5. The topological polar surface area (TPSA) is 123 Å². The standard InChI is InChI=1S/C21H40N2O3.C16H32N2O.CH4.ClH/c1-15(2)17-11-10-16(3)14-18(17)19(24)22-12-8-7-9-13-23-20(25)26-21(4,5)6;1-12(2)14-8-7-13(3)11-15(14)16(19)18-10-6-4-5-9-17;;/h15-18H,7-14H2,1-6H3,(H,22,24)(H,23,25);12-15H,4-11,17H2,1-3H3,(H,18,19);1H4;1H/t16-,17+,18-;13-,14+,15-;;/m11../s1. The van der Waals surface area contributed by atoms with E-state index >= 15 is 0 Å². The van der Waals surface area contributed by atoms with Gasteiger partial charge in [-0.3, -0.25) is 9.59 Å². The van der Waals surface area contributed by atoms with Gasteiger partial charge in [0.1, 0.15) is 5.60 Å². The molecule has 0 radical (unpaired) electrons. The molecule has 0 aromatic rings. The van der Waals surface area contributed by atoms with Crippen molar-refractivity contribution in [3.63, 3.8) is 0 Å². The number of halogens is 1. The predicted octanol–water partition coefficient (Wildman–Crippen LogP) is 8.50. The van der Waals surface area contributed by atoms with E-state index in [0.29, 0.717) is 42.1 Å². The molecule has 8 nitrogen and oxygen atoms in total. The molecule has 0 aromatic carbocycles. The van der Waals surface area contributed by atoms with Crippen LogP contribution in [0.5, 0.6) is 0 Å². The van der Waals surface area contributed by atoms with Crippen molar-refractivity contribution in [2.75, 3.05) is 26.2 Å². The lowest BCUT2D eigenvalue weighted by molar-refractivity contribution is -0.130. The molecule has 47 heavy (non-hydrogen) atoms. The molecule has 6 atom stereocenters. The third-order valence-electron chi connectivity index (χ3n) is 9.72. The van der Waals surface area contributed by atoms with Crippen molar-refractivity contribution in [3.05, 3.63) is 0 Å². The van der Waals surface area contributed by atoms with Crippen LogP contribution in [0, 0.1) is 47.3 Å². The number of ether oxygens (including phenoxy) is 1. The van der Waals surface area contributed by atoms with Crippen LogP contribution in [0.1, 0.15) is 147 Å². The molecule has 2 rings (SSSR count). The summed E-state index contributed by atoms with van der Waals surface area (Å²) in [5, 5.41) is 9.04. The second kappa shape index (κ2) is 25.4. The first-order valence-corrected chi connectivity index (χ1v) is 18.4. The summed E-state index contributed by atoms with van der Waals surface area (Å²) in [4.78, 5) is 36.5. The van der Waals surface area contributed by atoms with Gasteiger partial charge in [-0.15, -0.1) is 12.4 Å². The highest BCUT2D eigenvalue weighted by Gasteiger charge is 2.36. The molecule has 0 heterocycles. The third kappa shape index (κ3) is 20.5. The average molecular weight is 690 g/mol. The largest absolute Gasteiger partial charge is 0.444 e. The van der Waals surface area contributed by atoms with Crippen molar-refractivity contribution in [3.8, 4) is 0 Å². The van der Waals surface area contributed by atoms with Gasteiger partial charge >= 0.3 is 6.09 Å². The number of carbonyl (C=O) groups is 3. The first-order chi connectivity index (χ1) is 21.2. The number of alkyl carbamates (subject to hydrolysis) is 1. The fourth-order valence-corrected chi connectivity index (χ4v) is 7.07. The van der Waals surface area contributed by atoms with Gasteiger partial charge in [0.2, 0.25) is 11.8 Å². The molecule has 2 aliphatic carbocycles. The summed E-state index contributed by atoms with van der Waals surface area (Å²) >= 11 is 0. The molecule has 0 saturated heterocycles. The Bertz CT molecular complexity index is 848. The Kier molecular flexibility index (Phi) is 25.7. The lowest BCUT2D eigenvalue weighted by atomic mass is 9.70. The number of nitrogens with one attached hydrogen (secondary N) is 3. The first kappa shape index (κ1) is 47.6. The number of carbonyl (C=O) groups excluding carboxylic acids is 3. The van der Waals surface area contributed by atoms with Crippen LogP contribution in [0.15, 0.2) is 0 Å². The van der Waals surface area contributed by atoms with E-state index in [4.69, 9.17) is 10.5 Å². The maximum atomic E-state index is 12.6.